The van der Waals surface area contributed by atoms with Gasteiger partial charge in [0.05, 0.1) is 10.5 Å². The lowest BCUT2D eigenvalue weighted by molar-refractivity contribution is -0.383. The Bertz CT molecular complexity index is 1080. The number of nitro groups is 1. The van der Waals surface area contributed by atoms with Gasteiger partial charge in [0.25, 0.3) is 0 Å². The second kappa shape index (κ2) is 6.71. The van der Waals surface area contributed by atoms with Gasteiger partial charge in [0.15, 0.2) is 0 Å². The van der Waals surface area contributed by atoms with Crippen molar-refractivity contribution in [1.82, 2.24) is 0 Å². The summed E-state index contributed by atoms with van der Waals surface area (Å²) in [5.41, 5.74) is -4.72. The Balaban J connectivity index is 2.17. The van der Waals surface area contributed by atoms with E-state index in [4.69, 9.17) is 4.42 Å². The number of hydrogen-bond donors (Lipinski definition) is 1. The summed E-state index contributed by atoms with van der Waals surface area (Å²) in [6, 6.07) is 7.90. The topological polar surface area (TPSA) is 85.4 Å². The molecule has 0 aliphatic heterocycles. The van der Waals surface area contributed by atoms with Crippen LogP contribution in [0.1, 0.15) is 11.1 Å². The zero-order valence-electron chi connectivity index (χ0n) is 13.3. The first-order chi connectivity index (χ1) is 12.7. The minimum absolute atomic E-state index is 0.214. The molecule has 140 valence electrons. The van der Waals surface area contributed by atoms with Crippen LogP contribution in [0.15, 0.2) is 51.7 Å². The lowest BCUT2D eigenvalue weighted by Gasteiger charge is -2.15. The van der Waals surface area contributed by atoms with Crippen molar-refractivity contribution in [1.29, 1.82) is 0 Å². The van der Waals surface area contributed by atoms with Crippen LogP contribution in [-0.2, 0) is 12.7 Å². The van der Waals surface area contributed by atoms with Crippen molar-refractivity contribution in [3.8, 4) is 0 Å². The van der Waals surface area contributed by atoms with Crippen molar-refractivity contribution < 1.29 is 26.9 Å². The number of benzene rings is 2. The highest BCUT2D eigenvalue weighted by Crippen LogP contribution is 2.40. The quantitative estimate of drug-likeness (QED) is 0.311. The molecular weight excluding hydrogens is 372 g/mol. The number of halogens is 4. The monoisotopic (exact) mass is 382 g/mol. The molecule has 6 nitrogen and oxygen atoms in total. The fourth-order valence-corrected chi connectivity index (χ4v) is 2.60. The second-order valence-corrected chi connectivity index (χ2v) is 5.53. The summed E-state index contributed by atoms with van der Waals surface area (Å²) in [5, 5.41) is 12.8. The fraction of sp³-hybridized carbons (Fsp3) is 0.118. The maximum atomic E-state index is 13.6. The van der Waals surface area contributed by atoms with Gasteiger partial charge < -0.3 is 9.73 Å². The second-order valence-electron chi connectivity index (χ2n) is 5.53. The third-order valence-electron chi connectivity index (χ3n) is 3.78. The van der Waals surface area contributed by atoms with Crippen molar-refractivity contribution in [2.24, 2.45) is 0 Å². The first-order valence-corrected chi connectivity index (χ1v) is 7.48. The molecule has 0 saturated heterocycles. The molecule has 3 rings (SSSR count). The van der Waals surface area contributed by atoms with E-state index >= 15 is 0 Å². The van der Waals surface area contributed by atoms with E-state index in [0.29, 0.717) is 5.56 Å². The van der Waals surface area contributed by atoms with Crippen LogP contribution in [0.25, 0.3) is 11.0 Å². The molecule has 0 amide bonds. The molecule has 0 aliphatic rings. The summed E-state index contributed by atoms with van der Waals surface area (Å²) >= 11 is 0. The van der Waals surface area contributed by atoms with Crippen LogP contribution >= 0.6 is 0 Å². The molecule has 10 heteroatoms. The van der Waals surface area contributed by atoms with Crippen molar-refractivity contribution >= 4 is 22.3 Å². The average molecular weight is 382 g/mol. The first kappa shape index (κ1) is 18.4. The summed E-state index contributed by atoms with van der Waals surface area (Å²) in [6.45, 7) is -0.214. The molecule has 0 saturated carbocycles. The average Bonchev–Trinajstić information content (AvgIpc) is 2.59. The number of hydrogen-bond acceptors (Lipinski definition) is 5. The molecule has 0 fully saturated rings. The molecule has 0 atom stereocenters. The summed E-state index contributed by atoms with van der Waals surface area (Å²) in [4.78, 5) is 22.2. The van der Waals surface area contributed by atoms with E-state index in [1.807, 2.05) is 0 Å². The molecule has 1 N–H and O–H groups in total. The number of rotatable bonds is 4. The smallest absolute Gasteiger partial charge is 0.414 e. The number of fused-ring (bicyclic) bond motifs is 1. The van der Waals surface area contributed by atoms with E-state index < -0.39 is 50.4 Å². The van der Waals surface area contributed by atoms with Gasteiger partial charge in [0.1, 0.15) is 11.5 Å². The minimum atomic E-state index is -4.98. The van der Waals surface area contributed by atoms with Crippen LogP contribution in [0.4, 0.5) is 28.9 Å². The van der Waals surface area contributed by atoms with Gasteiger partial charge in [0, 0.05) is 18.0 Å². The number of nitro benzene ring substituents is 1. The van der Waals surface area contributed by atoms with E-state index in [1.165, 1.54) is 12.1 Å². The maximum absolute atomic E-state index is 13.6. The Kier molecular flexibility index (Phi) is 4.56. The SMILES string of the molecule is O=c1oc2c([N+](=O)[O-])cccc2c(C(F)(F)F)c1NCc1ccc(F)cc1. The largest absolute Gasteiger partial charge is 0.419 e. The van der Waals surface area contributed by atoms with Gasteiger partial charge in [-0.05, 0) is 17.7 Å². The zero-order valence-corrected chi connectivity index (χ0v) is 13.3. The summed E-state index contributed by atoms with van der Waals surface area (Å²) in [5.74, 6) is -0.521. The van der Waals surface area contributed by atoms with Crippen LogP contribution < -0.4 is 10.9 Å². The van der Waals surface area contributed by atoms with Crippen LogP contribution in [0, 0.1) is 15.9 Å². The molecule has 0 radical (unpaired) electrons. The molecule has 0 aliphatic carbocycles. The molecule has 1 aromatic heterocycles. The van der Waals surface area contributed by atoms with Gasteiger partial charge in [-0.25, -0.2) is 9.18 Å². The highest BCUT2D eigenvalue weighted by molar-refractivity contribution is 5.91. The number of nitrogens with zero attached hydrogens (tertiary/aromatic N) is 1. The maximum Gasteiger partial charge on any atom is 0.419 e. The third-order valence-corrected chi connectivity index (χ3v) is 3.78. The molecule has 0 unspecified atom stereocenters. The molecule has 1 heterocycles. The standard InChI is InChI=1S/C17H10F4N2O4/c18-10-6-4-9(5-7-10)8-22-14-13(17(19,20)21)11-2-1-3-12(23(25)26)15(11)27-16(14)24/h1-7,22H,8H2. The molecule has 27 heavy (non-hydrogen) atoms. The van der Waals surface area contributed by atoms with Crippen molar-refractivity contribution in [2.45, 2.75) is 12.7 Å². The predicted octanol–water partition coefficient (Wildman–Crippen LogP) is 4.47. The van der Waals surface area contributed by atoms with Crippen molar-refractivity contribution in [3.63, 3.8) is 0 Å². The van der Waals surface area contributed by atoms with Gasteiger partial charge in [-0.3, -0.25) is 10.1 Å². The van der Waals surface area contributed by atoms with E-state index in [-0.39, 0.29) is 6.54 Å². The Labute approximate surface area is 148 Å². The van der Waals surface area contributed by atoms with Gasteiger partial charge in [0.2, 0.25) is 5.58 Å². The Morgan fingerprint density at radius 2 is 1.78 bits per heavy atom. The van der Waals surface area contributed by atoms with Crippen LogP contribution in [0.5, 0.6) is 0 Å². The predicted molar refractivity (Wildman–Crippen MR) is 87.9 cm³/mol. The van der Waals surface area contributed by atoms with Gasteiger partial charge in [-0.1, -0.05) is 24.3 Å². The highest BCUT2D eigenvalue weighted by atomic mass is 19.4. The number of anilines is 1. The molecule has 0 spiro atoms. The number of alkyl halides is 3. The summed E-state index contributed by atoms with van der Waals surface area (Å²) in [7, 11) is 0. The van der Waals surface area contributed by atoms with E-state index in [2.05, 4.69) is 5.32 Å². The first-order valence-electron chi connectivity index (χ1n) is 7.48. The van der Waals surface area contributed by atoms with Gasteiger partial charge in [-0.2, -0.15) is 13.2 Å². The number of para-hydroxylation sites is 1. The Morgan fingerprint density at radius 1 is 1.11 bits per heavy atom. The lowest BCUT2D eigenvalue weighted by Crippen LogP contribution is -2.19. The summed E-state index contributed by atoms with van der Waals surface area (Å²) in [6.07, 6.45) is -4.98. The summed E-state index contributed by atoms with van der Waals surface area (Å²) < 4.78 is 58.6. The number of non-ortho nitro benzene ring substituents is 1. The van der Waals surface area contributed by atoms with E-state index in [9.17, 15) is 32.5 Å². The van der Waals surface area contributed by atoms with Crippen molar-refractivity contribution in [3.05, 3.63) is 79.9 Å². The molecule has 2 aromatic carbocycles. The minimum Gasteiger partial charge on any atom is -0.414 e. The Hall–Kier alpha value is -3.43. The lowest BCUT2D eigenvalue weighted by atomic mass is 10.1. The normalized spacial score (nSPS) is 11.6. The number of nitrogens with one attached hydrogen (secondary N) is 1. The zero-order chi connectivity index (χ0) is 19.8. The van der Waals surface area contributed by atoms with Gasteiger partial charge in [-0.15, -0.1) is 0 Å². The fourth-order valence-electron chi connectivity index (χ4n) is 2.60. The van der Waals surface area contributed by atoms with Gasteiger partial charge >= 0.3 is 17.5 Å². The van der Waals surface area contributed by atoms with Crippen LogP contribution in [0.2, 0.25) is 0 Å². The van der Waals surface area contributed by atoms with Crippen molar-refractivity contribution in [2.75, 3.05) is 5.32 Å². The molecule has 0 bridgehead atoms. The molecular formula is C17H10F4N2O4. The third kappa shape index (κ3) is 3.59. The van der Waals surface area contributed by atoms with E-state index in [0.717, 1.165) is 30.3 Å². The van der Waals surface area contributed by atoms with Crippen LogP contribution in [-0.4, -0.2) is 4.92 Å². The molecule has 3 aromatic rings. The van der Waals surface area contributed by atoms with E-state index in [1.54, 1.807) is 0 Å². The highest BCUT2D eigenvalue weighted by Gasteiger charge is 2.39. The van der Waals surface area contributed by atoms with Crippen LogP contribution in [0.3, 0.4) is 0 Å². The Morgan fingerprint density at radius 3 is 2.37 bits per heavy atom.